The number of aryl methyl sites for hydroxylation is 1. The van der Waals surface area contributed by atoms with E-state index in [0.717, 1.165) is 24.0 Å². The standard InChI is InChI=1S/C17H23FO/c1-11-5-8-14(16(19)9-11)17(3,4)15-10-13(18)7-6-12(15)2/h6-7,10-11,14H,5,8-9H2,1-4H3. The summed E-state index contributed by atoms with van der Waals surface area (Å²) in [5.41, 5.74) is 1.75. The summed E-state index contributed by atoms with van der Waals surface area (Å²) in [5, 5.41) is 0. The fourth-order valence-electron chi connectivity index (χ4n) is 3.44. The van der Waals surface area contributed by atoms with Crippen LogP contribution in [-0.2, 0) is 10.2 Å². The normalized spacial score (nSPS) is 24.6. The van der Waals surface area contributed by atoms with Crippen LogP contribution in [0.4, 0.5) is 4.39 Å². The number of carbonyl (C=O) groups excluding carboxylic acids is 1. The molecule has 0 spiro atoms. The summed E-state index contributed by atoms with van der Waals surface area (Å²) in [4.78, 5) is 12.3. The molecule has 1 aliphatic carbocycles. The molecule has 2 atom stereocenters. The van der Waals surface area contributed by atoms with Gasteiger partial charge >= 0.3 is 0 Å². The molecule has 1 nitrogen and oxygen atoms in total. The van der Waals surface area contributed by atoms with Crippen LogP contribution in [0.15, 0.2) is 18.2 Å². The van der Waals surface area contributed by atoms with Crippen molar-refractivity contribution < 1.29 is 9.18 Å². The van der Waals surface area contributed by atoms with Gasteiger partial charge in [0.25, 0.3) is 0 Å². The molecule has 2 rings (SSSR count). The largest absolute Gasteiger partial charge is 0.299 e. The van der Waals surface area contributed by atoms with E-state index in [-0.39, 0.29) is 17.2 Å². The van der Waals surface area contributed by atoms with Crippen molar-refractivity contribution in [1.29, 1.82) is 0 Å². The minimum Gasteiger partial charge on any atom is -0.299 e. The molecule has 0 radical (unpaired) electrons. The summed E-state index contributed by atoms with van der Waals surface area (Å²) in [7, 11) is 0. The molecular formula is C17H23FO. The highest BCUT2D eigenvalue weighted by Gasteiger charge is 2.39. The highest BCUT2D eigenvalue weighted by atomic mass is 19.1. The van der Waals surface area contributed by atoms with E-state index in [1.54, 1.807) is 6.07 Å². The van der Waals surface area contributed by atoms with Gasteiger partial charge in [0, 0.05) is 12.3 Å². The Morgan fingerprint density at radius 1 is 1.26 bits per heavy atom. The molecule has 0 N–H and O–H groups in total. The quantitative estimate of drug-likeness (QED) is 0.771. The Morgan fingerprint density at radius 3 is 2.58 bits per heavy atom. The lowest BCUT2D eigenvalue weighted by Gasteiger charge is -2.38. The Labute approximate surface area is 115 Å². The van der Waals surface area contributed by atoms with Gasteiger partial charge in [-0.3, -0.25) is 4.79 Å². The third-order valence-electron chi connectivity index (χ3n) is 4.65. The number of carbonyl (C=O) groups is 1. The molecule has 104 valence electrons. The fraction of sp³-hybridized carbons (Fsp3) is 0.588. The molecular weight excluding hydrogens is 239 g/mol. The first kappa shape index (κ1) is 14.2. The van der Waals surface area contributed by atoms with Crippen LogP contribution in [0.25, 0.3) is 0 Å². The van der Waals surface area contributed by atoms with E-state index in [1.807, 2.05) is 13.0 Å². The van der Waals surface area contributed by atoms with Gasteiger partial charge < -0.3 is 0 Å². The van der Waals surface area contributed by atoms with Crippen molar-refractivity contribution in [3.8, 4) is 0 Å². The molecule has 19 heavy (non-hydrogen) atoms. The van der Waals surface area contributed by atoms with Gasteiger partial charge in [-0.15, -0.1) is 0 Å². The SMILES string of the molecule is Cc1ccc(F)cc1C(C)(C)C1CCC(C)CC1=O. The van der Waals surface area contributed by atoms with Crippen LogP contribution in [0.1, 0.15) is 51.2 Å². The number of Topliss-reactive ketones (excluding diaryl/α,β-unsaturated/α-hetero) is 1. The lowest BCUT2D eigenvalue weighted by atomic mass is 9.64. The van der Waals surface area contributed by atoms with Crippen molar-refractivity contribution >= 4 is 5.78 Å². The molecule has 0 saturated heterocycles. The zero-order valence-electron chi connectivity index (χ0n) is 12.3. The van der Waals surface area contributed by atoms with E-state index >= 15 is 0 Å². The van der Waals surface area contributed by atoms with Crippen LogP contribution in [0.5, 0.6) is 0 Å². The molecule has 1 aliphatic rings. The van der Waals surface area contributed by atoms with E-state index in [4.69, 9.17) is 0 Å². The highest BCUT2D eigenvalue weighted by molar-refractivity contribution is 5.83. The van der Waals surface area contributed by atoms with E-state index in [1.165, 1.54) is 6.07 Å². The molecule has 2 heteroatoms. The van der Waals surface area contributed by atoms with Gasteiger partial charge in [-0.25, -0.2) is 4.39 Å². The van der Waals surface area contributed by atoms with Gasteiger partial charge in [0.1, 0.15) is 11.6 Å². The Kier molecular flexibility index (Phi) is 3.80. The van der Waals surface area contributed by atoms with Crippen LogP contribution in [0.2, 0.25) is 0 Å². The maximum atomic E-state index is 13.5. The number of hydrogen-bond acceptors (Lipinski definition) is 1. The molecule has 0 heterocycles. The molecule has 0 aliphatic heterocycles. The van der Waals surface area contributed by atoms with E-state index in [9.17, 15) is 9.18 Å². The number of rotatable bonds is 2. The Hall–Kier alpha value is -1.18. The summed E-state index contributed by atoms with van der Waals surface area (Å²) in [5.74, 6) is 0.634. The second-order valence-electron chi connectivity index (χ2n) is 6.59. The van der Waals surface area contributed by atoms with E-state index in [2.05, 4.69) is 20.8 Å². The van der Waals surface area contributed by atoms with Gasteiger partial charge in [-0.2, -0.15) is 0 Å². The summed E-state index contributed by atoms with van der Waals surface area (Å²) in [6.45, 7) is 8.28. The maximum Gasteiger partial charge on any atom is 0.137 e. The Morgan fingerprint density at radius 2 is 1.95 bits per heavy atom. The second kappa shape index (κ2) is 5.07. The number of halogens is 1. The third-order valence-corrected chi connectivity index (χ3v) is 4.65. The van der Waals surface area contributed by atoms with Gasteiger partial charge in [0.2, 0.25) is 0 Å². The Bertz CT molecular complexity index is 490. The molecule has 1 saturated carbocycles. The Balaban J connectivity index is 2.36. The lowest BCUT2D eigenvalue weighted by molar-refractivity contribution is -0.128. The van der Waals surface area contributed by atoms with Crippen molar-refractivity contribution in [1.82, 2.24) is 0 Å². The lowest BCUT2D eigenvalue weighted by Crippen LogP contribution is -2.38. The number of ketones is 1. The minimum absolute atomic E-state index is 0.0178. The summed E-state index contributed by atoms with van der Waals surface area (Å²) in [6.07, 6.45) is 2.68. The van der Waals surface area contributed by atoms with Crippen LogP contribution in [0, 0.1) is 24.6 Å². The molecule has 1 aromatic rings. The fourth-order valence-corrected chi connectivity index (χ4v) is 3.44. The molecule has 1 fully saturated rings. The van der Waals surface area contributed by atoms with Crippen LogP contribution < -0.4 is 0 Å². The monoisotopic (exact) mass is 262 g/mol. The zero-order valence-corrected chi connectivity index (χ0v) is 12.3. The maximum absolute atomic E-state index is 13.5. The van der Waals surface area contributed by atoms with Gasteiger partial charge in [0.15, 0.2) is 0 Å². The van der Waals surface area contributed by atoms with Crippen molar-refractivity contribution in [2.45, 2.75) is 52.4 Å². The first-order valence-electron chi connectivity index (χ1n) is 7.11. The first-order valence-corrected chi connectivity index (χ1v) is 7.11. The van der Waals surface area contributed by atoms with E-state index in [0.29, 0.717) is 18.1 Å². The van der Waals surface area contributed by atoms with Crippen LogP contribution in [0.3, 0.4) is 0 Å². The average Bonchev–Trinajstić information content (AvgIpc) is 2.31. The first-order chi connectivity index (χ1) is 8.82. The van der Waals surface area contributed by atoms with Gasteiger partial charge in [-0.1, -0.05) is 26.8 Å². The summed E-state index contributed by atoms with van der Waals surface area (Å²) in [6, 6.07) is 4.89. The van der Waals surface area contributed by atoms with Gasteiger partial charge in [0.05, 0.1) is 0 Å². The second-order valence-corrected chi connectivity index (χ2v) is 6.59. The molecule has 0 bridgehead atoms. The zero-order chi connectivity index (χ0) is 14.2. The predicted molar refractivity (Wildman–Crippen MR) is 75.7 cm³/mol. The van der Waals surface area contributed by atoms with Gasteiger partial charge in [-0.05, 0) is 54.4 Å². The van der Waals surface area contributed by atoms with Crippen LogP contribution >= 0.6 is 0 Å². The third kappa shape index (κ3) is 2.72. The predicted octanol–water partition coefficient (Wildman–Crippen LogP) is 4.42. The summed E-state index contributed by atoms with van der Waals surface area (Å²) < 4.78 is 13.5. The molecule has 0 aromatic heterocycles. The van der Waals surface area contributed by atoms with Crippen LogP contribution in [-0.4, -0.2) is 5.78 Å². The summed E-state index contributed by atoms with van der Waals surface area (Å²) >= 11 is 0. The number of hydrogen-bond donors (Lipinski definition) is 0. The van der Waals surface area contributed by atoms with E-state index < -0.39 is 0 Å². The molecule has 1 aromatic carbocycles. The smallest absolute Gasteiger partial charge is 0.137 e. The molecule has 2 unspecified atom stereocenters. The van der Waals surface area contributed by atoms with Crippen molar-refractivity contribution in [2.24, 2.45) is 11.8 Å². The topological polar surface area (TPSA) is 17.1 Å². The number of benzene rings is 1. The molecule has 0 amide bonds. The highest BCUT2D eigenvalue weighted by Crippen LogP contribution is 2.41. The average molecular weight is 262 g/mol. The van der Waals surface area contributed by atoms with Crippen molar-refractivity contribution in [3.05, 3.63) is 35.1 Å². The van der Waals surface area contributed by atoms with Crippen molar-refractivity contribution in [3.63, 3.8) is 0 Å². The van der Waals surface area contributed by atoms with Crippen molar-refractivity contribution in [2.75, 3.05) is 0 Å². The minimum atomic E-state index is -0.288.